The number of fused-ring (bicyclic) bond motifs is 1. The third kappa shape index (κ3) is 4.31. The number of nitrogens with zero attached hydrogens (tertiary/aromatic N) is 1. The second-order valence-corrected chi connectivity index (χ2v) is 20.4. The van der Waals surface area contributed by atoms with Gasteiger partial charge in [-0.15, -0.1) is 0 Å². The van der Waals surface area contributed by atoms with E-state index in [1.54, 1.807) is 6.07 Å². The summed E-state index contributed by atoms with van der Waals surface area (Å²) in [7, 11) is 0. The van der Waals surface area contributed by atoms with Crippen LogP contribution in [0.1, 0.15) is 30.9 Å². The Morgan fingerprint density at radius 1 is 0.871 bits per heavy atom. The molecule has 4 rings (SSSR count). The van der Waals surface area contributed by atoms with Gasteiger partial charge in [-0.2, -0.15) is 0 Å². The van der Waals surface area contributed by atoms with Crippen molar-refractivity contribution in [1.29, 1.82) is 0 Å². The summed E-state index contributed by atoms with van der Waals surface area (Å²) < 4.78 is 16.4. The summed E-state index contributed by atoms with van der Waals surface area (Å²) in [6.07, 6.45) is 1.86. The molecule has 3 aromatic carbocycles. The van der Waals surface area contributed by atoms with Crippen LogP contribution in [0.25, 0.3) is 33.2 Å². The Kier molecular flexibility index (Phi) is 5.78. The monoisotopic (exact) mass is 473 g/mol. The average molecular weight is 472 g/mol. The molecule has 0 aliphatic heterocycles. The van der Waals surface area contributed by atoms with Crippen LogP contribution in [0.4, 0.5) is 4.39 Å². The number of rotatable bonds is 4. The molecule has 0 bridgehead atoms. The van der Waals surface area contributed by atoms with Gasteiger partial charge in [0, 0.05) is 0 Å². The van der Waals surface area contributed by atoms with Crippen molar-refractivity contribution in [3.8, 4) is 22.4 Å². The Hall–Kier alpha value is -2.46. The first-order chi connectivity index (χ1) is 14.6. The van der Waals surface area contributed by atoms with E-state index in [1.807, 2.05) is 25.3 Å². The van der Waals surface area contributed by atoms with Crippen LogP contribution in [0.2, 0.25) is 17.3 Å². The second-order valence-electron chi connectivity index (χ2n) is 9.77. The fourth-order valence-electron chi connectivity index (χ4n) is 4.14. The van der Waals surface area contributed by atoms with Gasteiger partial charge in [0.05, 0.1) is 0 Å². The van der Waals surface area contributed by atoms with Crippen molar-refractivity contribution in [3.63, 3.8) is 0 Å². The normalized spacial score (nSPS) is 12.0. The molecule has 1 heterocycles. The number of hydrogen-bond acceptors (Lipinski definition) is 1. The molecule has 1 aromatic heterocycles. The van der Waals surface area contributed by atoms with Crippen molar-refractivity contribution < 1.29 is 4.39 Å². The number of hydrogen-bond donors (Lipinski definition) is 0. The number of aryl methyl sites for hydroxylation is 1. The SMILES string of the molecule is Cc1cnc(-c2cc(C(C)C)c3ccccc3c2)cc1-c1cc[c]([Ge]([CH3])([CH3])[CH3])cc1F. The van der Waals surface area contributed by atoms with E-state index in [0.717, 1.165) is 22.4 Å². The maximum absolute atomic E-state index is 15.2. The molecule has 0 fully saturated rings. The fourth-order valence-corrected chi connectivity index (χ4v) is 6.54. The summed E-state index contributed by atoms with van der Waals surface area (Å²) in [6.45, 7) is 6.44. The minimum atomic E-state index is -2.08. The van der Waals surface area contributed by atoms with Crippen LogP contribution in [-0.4, -0.2) is 18.3 Å². The van der Waals surface area contributed by atoms with Gasteiger partial charge in [0.2, 0.25) is 0 Å². The fraction of sp³-hybridized carbons (Fsp3) is 0.250. The Morgan fingerprint density at radius 2 is 1.61 bits per heavy atom. The molecule has 0 atom stereocenters. The summed E-state index contributed by atoms with van der Waals surface area (Å²) in [4.78, 5) is 4.72. The van der Waals surface area contributed by atoms with E-state index in [0.29, 0.717) is 11.5 Å². The molecule has 0 spiro atoms. The molecule has 4 aromatic rings. The van der Waals surface area contributed by atoms with E-state index < -0.39 is 13.3 Å². The van der Waals surface area contributed by atoms with Gasteiger partial charge >= 0.3 is 182 Å². The van der Waals surface area contributed by atoms with Crippen molar-refractivity contribution in [3.05, 3.63) is 83.8 Å². The van der Waals surface area contributed by atoms with E-state index in [1.165, 1.54) is 20.7 Å². The molecule has 1 nitrogen and oxygen atoms in total. The van der Waals surface area contributed by atoms with Gasteiger partial charge in [0.15, 0.2) is 0 Å². The molecule has 0 aliphatic carbocycles. The average Bonchev–Trinajstić information content (AvgIpc) is 2.72. The molecule has 0 radical (unpaired) electrons. The Morgan fingerprint density at radius 3 is 2.29 bits per heavy atom. The summed E-state index contributed by atoms with van der Waals surface area (Å²) in [5, 5.41) is 2.49. The zero-order chi connectivity index (χ0) is 22.3. The molecule has 158 valence electrons. The van der Waals surface area contributed by atoms with Crippen molar-refractivity contribution in [2.75, 3.05) is 0 Å². The van der Waals surface area contributed by atoms with Crippen LogP contribution in [0.15, 0.2) is 66.9 Å². The summed E-state index contributed by atoms with van der Waals surface area (Å²) in [6, 6.07) is 20.8. The third-order valence-corrected chi connectivity index (χ3v) is 10.3. The van der Waals surface area contributed by atoms with E-state index >= 15 is 4.39 Å². The van der Waals surface area contributed by atoms with Gasteiger partial charge < -0.3 is 0 Å². The van der Waals surface area contributed by atoms with Crippen molar-refractivity contribution in [2.45, 2.75) is 44.0 Å². The van der Waals surface area contributed by atoms with E-state index in [9.17, 15) is 0 Å². The molecular formula is C28H30FGeN. The quantitative estimate of drug-likeness (QED) is 0.278. The standard InChI is InChI=1S/C28H30FGeN/c1-18(2)25-14-21(13-20-9-7-8-10-23(20)25)28-16-26(19(3)17-31-28)24-12-11-22(15-27(24)29)30(4,5)6/h7-18H,1-6H3. The molecule has 31 heavy (non-hydrogen) atoms. The predicted octanol–water partition coefficient (Wildman–Crippen LogP) is 7.68. The van der Waals surface area contributed by atoms with Crippen LogP contribution in [0, 0.1) is 12.7 Å². The first-order valence-corrected chi connectivity index (χ1v) is 18.3. The van der Waals surface area contributed by atoms with Crippen molar-refractivity contribution in [1.82, 2.24) is 4.98 Å². The topological polar surface area (TPSA) is 12.9 Å². The van der Waals surface area contributed by atoms with Gasteiger partial charge in [-0.25, -0.2) is 0 Å². The third-order valence-electron chi connectivity index (χ3n) is 6.04. The second kappa shape index (κ2) is 8.23. The molecule has 0 aliphatic rings. The van der Waals surface area contributed by atoms with Gasteiger partial charge in [-0.1, -0.05) is 6.07 Å². The van der Waals surface area contributed by atoms with E-state index in [4.69, 9.17) is 4.98 Å². The zero-order valence-corrected chi connectivity index (χ0v) is 21.4. The van der Waals surface area contributed by atoms with Crippen LogP contribution in [0.3, 0.4) is 0 Å². The Balaban J connectivity index is 1.86. The summed E-state index contributed by atoms with van der Waals surface area (Å²) in [5.41, 5.74) is 5.81. The Labute approximate surface area is 187 Å². The summed E-state index contributed by atoms with van der Waals surface area (Å²) in [5.74, 6) is 7.13. The van der Waals surface area contributed by atoms with Crippen LogP contribution >= 0.6 is 0 Å². The van der Waals surface area contributed by atoms with Crippen molar-refractivity contribution >= 4 is 28.4 Å². The molecule has 0 unspecified atom stereocenters. The molecule has 0 saturated carbocycles. The van der Waals surface area contributed by atoms with Crippen LogP contribution < -0.4 is 4.40 Å². The first-order valence-electron chi connectivity index (χ1n) is 11.0. The minimum absolute atomic E-state index is 0.139. The van der Waals surface area contributed by atoms with E-state index in [-0.39, 0.29) is 5.82 Å². The number of aromatic nitrogens is 1. The van der Waals surface area contributed by atoms with Crippen molar-refractivity contribution in [2.24, 2.45) is 0 Å². The van der Waals surface area contributed by atoms with Gasteiger partial charge in [0.25, 0.3) is 0 Å². The predicted molar refractivity (Wildman–Crippen MR) is 134 cm³/mol. The van der Waals surface area contributed by atoms with Gasteiger partial charge in [-0.05, 0) is 0 Å². The van der Waals surface area contributed by atoms with Crippen LogP contribution in [-0.2, 0) is 0 Å². The summed E-state index contributed by atoms with van der Waals surface area (Å²) >= 11 is -2.08. The molecule has 0 amide bonds. The maximum atomic E-state index is 15.2. The number of halogens is 1. The van der Waals surface area contributed by atoms with E-state index in [2.05, 4.69) is 73.6 Å². The molecule has 0 saturated heterocycles. The first kappa shape index (κ1) is 21.8. The molecule has 0 N–H and O–H groups in total. The van der Waals surface area contributed by atoms with Gasteiger partial charge in [0.1, 0.15) is 0 Å². The molecular weight excluding hydrogens is 442 g/mol. The molecule has 3 heteroatoms. The van der Waals surface area contributed by atoms with Gasteiger partial charge in [-0.3, -0.25) is 0 Å². The zero-order valence-electron chi connectivity index (χ0n) is 19.3. The number of pyridine rings is 1. The van der Waals surface area contributed by atoms with Crippen LogP contribution in [0.5, 0.6) is 0 Å². The number of benzene rings is 3. The Bertz CT molecular complexity index is 1270.